The van der Waals surface area contributed by atoms with Gasteiger partial charge in [0.25, 0.3) is 0 Å². The van der Waals surface area contributed by atoms with E-state index in [2.05, 4.69) is 25.8 Å². The Hall–Kier alpha value is -2.31. The molecule has 0 bridgehead atoms. The van der Waals surface area contributed by atoms with Crippen molar-refractivity contribution < 1.29 is 9.18 Å². The van der Waals surface area contributed by atoms with E-state index in [-0.39, 0.29) is 11.7 Å². The summed E-state index contributed by atoms with van der Waals surface area (Å²) in [4.78, 5) is 18.8. The molecule has 0 spiro atoms. The predicted octanol–water partition coefficient (Wildman–Crippen LogP) is 2.12. The number of nitrogens with zero attached hydrogens (tertiary/aromatic N) is 2. The first-order chi connectivity index (χ1) is 12.9. The van der Waals surface area contributed by atoms with Gasteiger partial charge in [-0.15, -0.1) is 0 Å². The molecule has 6 nitrogen and oxygen atoms in total. The zero-order valence-electron chi connectivity index (χ0n) is 16.8. The maximum atomic E-state index is 13.4. The Kier molecular flexibility index (Phi) is 7.45. The fourth-order valence-corrected chi connectivity index (χ4v) is 3.16. The highest BCUT2D eigenvalue weighted by atomic mass is 19.1. The maximum Gasteiger partial charge on any atom is 0.227 e. The highest BCUT2D eigenvalue weighted by Crippen LogP contribution is 2.21. The van der Waals surface area contributed by atoms with Crippen LogP contribution >= 0.6 is 0 Å². The normalized spacial score (nSPS) is 16.2. The Morgan fingerprint density at radius 2 is 2.04 bits per heavy atom. The predicted molar refractivity (Wildman–Crippen MR) is 109 cm³/mol. The van der Waals surface area contributed by atoms with Crippen LogP contribution in [0.15, 0.2) is 29.3 Å². The summed E-state index contributed by atoms with van der Waals surface area (Å²) in [6.07, 6.45) is 1.89. The zero-order chi connectivity index (χ0) is 19.9. The van der Waals surface area contributed by atoms with Gasteiger partial charge >= 0.3 is 0 Å². The van der Waals surface area contributed by atoms with Crippen LogP contribution in [0.2, 0.25) is 0 Å². The number of halogens is 1. The van der Waals surface area contributed by atoms with Crippen LogP contribution < -0.4 is 20.9 Å². The van der Waals surface area contributed by atoms with Gasteiger partial charge in [0.05, 0.1) is 12.0 Å². The number of hydrogen-bond acceptors (Lipinski definition) is 3. The summed E-state index contributed by atoms with van der Waals surface area (Å²) in [5, 5.41) is 9.42. The minimum atomic E-state index is -0.558. The first-order valence-electron chi connectivity index (χ1n) is 9.63. The Morgan fingerprint density at radius 3 is 2.63 bits per heavy atom. The zero-order valence-corrected chi connectivity index (χ0v) is 16.8. The van der Waals surface area contributed by atoms with Crippen LogP contribution in [-0.4, -0.2) is 51.1 Å². The van der Waals surface area contributed by atoms with Crippen molar-refractivity contribution in [2.75, 3.05) is 38.1 Å². The van der Waals surface area contributed by atoms with Gasteiger partial charge in [-0.25, -0.2) is 4.39 Å². The molecule has 0 radical (unpaired) electrons. The Labute approximate surface area is 161 Å². The van der Waals surface area contributed by atoms with Crippen molar-refractivity contribution in [3.63, 3.8) is 0 Å². The molecule has 1 aromatic carbocycles. The lowest BCUT2D eigenvalue weighted by Gasteiger charge is -2.34. The molecule has 7 heteroatoms. The van der Waals surface area contributed by atoms with Crippen LogP contribution in [0.5, 0.6) is 0 Å². The number of nitrogens with one attached hydrogen (secondary N) is 3. The standard InChI is InChI=1S/C20H32FN5O/c1-5-23-19(24-14-20(2,3)18(27)22-4)25-16-9-11-26(12-10-16)17-8-6-7-15(21)13-17/h6-8,13,16H,5,9-12,14H2,1-4H3,(H,22,27)(H2,23,24,25). The lowest BCUT2D eigenvalue weighted by molar-refractivity contribution is -0.128. The minimum absolute atomic E-state index is 0.0227. The third kappa shape index (κ3) is 6.12. The van der Waals surface area contributed by atoms with Gasteiger partial charge in [0.15, 0.2) is 5.96 Å². The lowest BCUT2D eigenvalue weighted by Crippen LogP contribution is -2.49. The van der Waals surface area contributed by atoms with Gasteiger partial charge in [0.1, 0.15) is 5.82 Å². The number of benzene rings is 1. The average Bonchev–Trinajstić information content (AvgIpc) is 2.66. The molecule has 1 fully saturated rings. The van der Waals surface area contributed by atoms with E-state index in [0.717, 1.165) is 44.1 Å². The summed E-state index contributed by atoms with van der Waals surface area (Å²) >= 11 is 0. The minimum Gasteiger partial charge on any atom is -0.371 e. The smallest absolute Gasteiger partial charge is 0.227 e. The van der Waals surface area contributed by atoms with E-state index in [1.54, 1.807) is 19.2 Å². The fourth-order valence-electron chi connectivity index (χ4n) is 3.16. The summed E-state index contributed by atoms with van der Waals surface area (Å²) in [6.45, 7) is 8.69. The summed E-state index contributed by atoms with van der Waals surface area (Å²) in [5.74, 6) is 0.511. The van der Waals surface area contributed by atoms with Crippen LogP contribution in [0.1, 0.15) is 33.6 Å². The molecule has 0 aromatic heterocycles. The van der Waals surface area contributed by atoms with Gasteiger partial charge < -0.3 is 20.9 Å². The van der Waals surface area contributed by atoms with Crippen molar-refractivity contribution in [1.29, 1.82) is 0 Å². The van der Waals surface area contributed by atoms with Crippen molar-refractivity contribution >= 4 is 17.6 Å². The maximum absolute atomic E-state index is 13.4. The first kappa shape index (κ1) is 21.0. The Balaban J connectivity index is 1.92. The number of aliphatic imine (C=N–C) groups is 1. The number of guanidine groups is 1. The van der Waals surface area contributed by atoms with Crippen molar-refractivity contribution in [2.45, 2.75) is 39.7 Å². The number of carbonyl (C=O) groups is 1. The van der Waals surface area contributed by atoms with Crippen molar-refractivity contribution in [1.82, 2.24) is 16.0 Å². The number of piperidine rings is 1. The average molecular weight is 378 g/mol. The fraction of sp³-hybridized carbons (Fsp3) is 0.600. The van der Waals surface area contributed by atoms with E-state index in [4.69, 9.17) is 0 Å². The summed E-state index contributed by atoms with van der Waals surface area (Å²) in [6, 6.07) is 7.05. The topological polar surface area (TPSA) is 68.8 Å². The van der Waals surface area contributed by atoms with Crippen molar-refractivity contribution in [3.05, 3.63) is 30.1 Å². The second-order valence-electron chi connectivity index (χ2n) is 7.54. The van der Waals surface area contributed by atoms with Gasteiger partial charge in [-0.3, -0.25) is 9.79 Å². The molecule has 27 heavy (non-hydrogen) atoms. The molecular formula is C20H32FN5O. The van der Waals surface area contributed by atoms with Crippen molar-refractivity contribution in [3.8, 4) is 0 Å². The second kappa shape index (κ2) is 9.58. The summed E-state index contributed by atoms with van der Waals surface area (Å²) < 4.78 is 13.4. The molecule has 3 N–H and O–H groups in total. The number of rotatable bonds is 6. The molecule has 0 atom stereocenters. The Morgan fingerprint density at radius 1 is 1.33 bits per heavy atom. The molecule has 1 aliphatic heterocycles. The number of carbonyl (C=O) groups excluding carboxylic acids is 1. The molecule has 0 saturated carbocycles. The largest absolute Gasteiger partial charge is 0.371 e. The van der Waals surface area contributed by atoms with Gasteiger partial charge in [-0.1, -0.05) is 6.07 Å². The Bertz CT molecular complexity index is 654. The quantitative estimate of drug-likeness (QED) is 0.525. The van der Waals surface area contributed by atoms with Crippen LogP contribution in [0.3, 0.4) is 0 Å². The molecule has 1 aromatic rings. The van der Waals surface area contributed by atoms with E-state index in [9.17, 15) is 9.18 Å². The van der Waals surface area contributed by atoms with Crippen LogP contribution in [0.25, 0.3) is 0 Å². The van der Waals surface area contributed by atoms with Gasteiger partial charge in [0.2, 0.25) is 5.91 Å². The van der Waals surface area contributed by atoms with E-state index in [1.807, 2.05) is 26.8 Å². The highest BCUT2D eigenvalue weighted by Gasteiger charge is 2.27. The molecule has 0 unspecified atom stereocenters. The molecule has 0 aliphatic carbocycles. The van der Waals surface area contributed by atoms with E-state index < -0.39 is 5.41 Å². The van der Waals surface area contributed by atoms with Crippen LogP contribution in [0, 0.1) is 11.2 Å². The van der Waals surface area contributed by atoms with E-state index in [0.29, 0.717) is 12.6 Å². The van der Waals surface area contributed by atoms with E-state index in [1.165, 1.54) is 6.07 Å². The third-order valence-electron chi connectivity index (χ3n) is 4.83. The number of hydrogen-bond donors (Lipinski definition) is 3. The third-order valence-corrected chi connectivity index (χ3v) is 4.83. The molecule has 1 saturated heterocycles. The molecule has 1 aliphatic rings. The van der Waals surface area contributed by atoms with Gasteiger partial charge in [0, 0.05) is 38.4 Å². The SMILES string of the molecule is CCNC(=NCC(C)(C)C(=O)NC)NC1CCN(c2cccc(F)c2)CC1. The van der Waals surface area contributed by atoms with Crippen LogP contribution in [-0.2, 0) is 4.79 Å². The van der Waals surface area contributed by atoms with Crippen LogP contribution in [0.4, 0.5) is 10.1 Å². The molecule has 1 amide bonds. The second-order valence-corrected chi connectivity index (χ2v) is 7.54. The highest BCUT2D eigenvalue weighted by molar-refractivity contribution is 5.83. The summed E-state index contributed by atoms with van der Waals surface area (Å²) in [7, 11) is 1.64. The van der Waals surface area contributed by atoms with E-state index >= 15 is 0 Å². The summed E-state index contributed by atoms with van der Waals surface area (Å²) in [5.41, 5.74) is 0.374. The molecule has 2 rings (SSSR count). The van der Waals surface area contributed by atoms with Crippen molar-refractivity contribution in [2.24, 2.45) is 10.4 Å². The monoisotopic (exact) mass is 377 g/mol. The molecule has 150 valence electrons. The number of amides is 1. The lowest BCUT2D eigenvalue weighted by atomic mass is 9.93. The van der Waals surface area contributed by atoms with Gasteiger partial charge in [-0.2, -0.15) is 0 Å². The first-order valence-corrected chi connectivity index (χ1v) is 9.63. The molecular weight excluding hydrogens is 345 g/mol. The number of anilines is 1. The molecule has 1 heterocycles. The van der Waals surface area contributed by atoms with Gasteiger partial charge in [-0.05, 0) is 51.8 Å².